The SMILES string of the molecule is CN([O-])C1CCC(N)CC1. The highest BCUT2D eigenvalue weighted by atomic mass is 16.5. The summed E-state index contributed by atoms with van der Waals surface area (Å²) < 4.78 is 0. The molecule has 0 atom stereocenters. The summed E-state index contributed by atoms with van der Waals surface area (Å²) in [5, 5.41) is 11.8. The third-order valence-electron chi connectivity index (χ3n) is 2.26. The first-order chi connectivity index (χ1) is 4.70. The van der Waals surface area contributed by atoms with Crippen LogP contribution in [0.25, 0.3) is 0 Å². The number of rotatable bonds is 1. The molecule has 0 radical (unpaired) electrons. The molecular weight excluding hydrogens is 128 g/mol. The minimum atomic E-state index is 0.236. The molecule has 3 nitrogen and oxygen atoms in total. The summed E-state index contributed by atoms with van der Waals surface area (Å²) in [6, 6.07) is 0.580. The lowest BCUT2D eigenvalue weighted by Gasteiger charge is -2.37. The van der Waals surface area contributed by atoms with Crippen LogP contribution in [-0.4, -0.2) is 24.2 Å². The van der Waals surface area contributed by atoms with E-state index in [1.165, 1.54) is 0 Å². The van der Waals surface area contributed by atoms with E-state index in [2.05, 4.69) is 0 Å². The summed E-state index contributed by atoms with van der Waals surface area (Å²) in [7, 11) is 1.60. The van der Waals surface area contributed by atoms with Gasteiger partial charge in [0.05, 0.1) is 0 Å². The van der Waals surface area contributed by atoms with Gasteiger partial charge in [-0.3, -0.25) is 0 Å². The average molecular weight is 143 g/mol. The van der Waals surface area contributed by atoms with E-state index in [1.54, 1.807) is 7.05 Å². The Kier molecular flexibility index (Phi) is 2.65. The third kappa shape index (κ3) is 1.94. The first-order valence-electron chi connectivity index (χ1n) is 3.85. The molecule has 0 aromatic carbocycles. The van der Waals surface area contributed by atoms with Crippen LogP contribution in [0.1, 0.15) is 25.7 Å². The van der Waals surface area contributed by atoms with E-state index in [0.717, 1.165) is 30.7 Å². The fourth-order valence-corrected chi connectivity index (χ4v) is 1.47. The maximum absolute atomic E-state index is 10.8. The van der Waals surface area contributed by atoms with Crippen LogP contribution in [0.2, 0.25) is 0 Å². The van der Waals surface area contributed by atoms with E-state index in [1.807, 2.05) is 0 Å². The van der Waals surface area contributed by atoms with Gasteiger partial charge in [-0.2, -0.15) is 0 Å². The van der Waals surface area contributed by atoms with Crippen molar-refractivity contribution in [1.29, 1.82) is 0 Å². The molecule has 0 heterocycles. The summed E-state index contributed by atoms with van der Waals surface area (Å²) in [6.45, 7) is 0. The predicted molar refractivity (Wildman–Crippen MR) is 41.4 cm³/mol. The van der Waals surface area contributed by atoms with E-state index in [0.29, 0.717) is 6.04 Å². The fourth-order valence-electron chi connectivity index (χ4n) is 1.47. The third-order valence-corrected chi connectivity index (χ3v) is 2.26. The molecule has 3 heteroatoms. The van der Waals surface area contributed by atoms with Crippen molar-refractivity contribution >= 4 is 0 Å². The van der Waals surface area contributed by atoms with Crippen molar-refractivity contribution in [1.82, 2.24) is 5.06 Å². The number of hydrogen-bond acceptors (Lipinski definition) is 3. The van der Waals surface area contributed by atoms with Gasteiger partial charge in [-0.15, -0.1) is 0 Å². The normalized spacial score (nSPS) is 34.8. The number of hydroxylamine groups is 2. The molecule has 2 N–H and O–H groups in total. The van der Waals surface area contributed by atoms with Crippen molar-refractivity contribution in [3.05, 3.63) is 5.21 Å². The fraction of sp³-hybridized carbons (Fsp3) is 1.00. The summed E-state index contributed by atoms with van der Waals surface area (Å²) in [6.07, 6.45) is 3.97. The van der Waals surface area contributed by atoms with Crippen LogP contribution < -0.4 is 5.73 Å². The summed E-state index contributed by atoms with van der Waals surface area (Å²) in [5.41, 5.74) is 5.68. The van der Waals surface area contributed by atoms with Gasteiger partial charge >= 0.3 is 0 Å². The second-order valence-electron chi connectivity index (χ2n) is 3.11. The Morgan fingerprint density at radius 1 is 1.30 bits per heavy atom. The van der Waals surface area contributed by atoms with Gasteiger partial charge in [0.15, 0.2) is 0 Å². The number of nitrogens with zero attached hydrogens (tertiary/aromatic N) is 1. The van der Waals surface area contributed by atoms with E-state index < -0.39 is 0 Å². The van der Waals surface area contributed by atoms with Crippen molar-refractivity contribution in [2.24, 2.45) is 5.73 Å². The Hall–Kier alpha value is -0.120. The van der Waals surface area contributed by atoms with Crippen LogP contribution >= 0.6 is 0 Å². The zero-order valence-electron chi connectivity index (χ0n) is 6.42. The monoisotopic (exact) mass is 143 g/mol. The van der Waals surface area contributed by atoms with Crippen LogP contribution in [0.4, 0.5) is 0 Å². The molecule has 1 aliphatic rings. The van der Waals surface area contributed by atoms with Crippen LogP contribution in [0, 0.1) is 5.21 Å². The summed E-state index contributed by atoms with van der Waals surface area (Å²) in [4.78, 5) is 0. The second kappa shape index (κ2) is 3.32. The molecule has 0 spiro atoms. The molecule has 0 amide bonds. The molecule has 60 valence electrons. The predicted octanol–water partition coefficient (Wildman–Crippen LogP) is 0.686. The van der Waals surface area contributed by atoms with E-state index >= 15 is 0 Å². The largest absolute Gasteiger partial charge is 0.785 e. The van der Waals surface area contributed by atoms with Gasteiger partial charge in [-0.1, -0.05) is 0 Å². The van der Waals surface area contributed by atoms with Crippen LogP contribution in [0.3, 0.4) is 0 Å². The quantitative estimate of drug-likeness (QED) is 0.549. The smallest absolute Gasteiger partial charge is 0.00399 e. The first-order valence-corrected chi connectivity index (χ1v) is 3.85. The molecule has 0 bridgehead atoms. The highest BCUT2D eigenvalue weighted by Crippen LogP contribution is 2.19. The Balaban J connectivity index is 2.26. The van der Waals surface area contributed by atoms with Crippen molar-refractivity contribution in [3.63, 3.8) is 0 Å². The van der Waals surface area contributed by atoms with Crippen LogP contribution in [0.15, 0.2) is 0 Å². The van der Waals surface area contributed by atoms with Crippen molar-refractivity contribution in [3.8, 4) is 0 Å². The summed E-state index contributed by atoms with van der Waals surface area (Å²) >= 11 is 0. The zero-order valence-corrected chi connectivity index (χ0v) is 6.42. The topological polar surface area (TPSA) is 52.3 Å². The lowest BCUT2D eigenvalue weighted by Crippen LogP contribution is -2.35. The van der Waals surface area contributed by atoms with E-state index in [-0.39, 0.29) is 6.04 Å². The van der Waals surface area contributed by atoms with Crippen molar-refractivity contribution < 1.29 is 0 Å². The molecule has 1 aliphatic carbocycles. The molecule has 0 aromatic heterocycles. The number of nitrogens with two attached hydrogens (primary N) is 1. The second-order valence-corrected chi connectivity index (χ2v) is 3.11. The maximum atomic E-state index is 10.8. The van der Waals surface area contributed by atoms with Crippen molar-refractivity contribution in [2.45, 2.75) is 37.8 Å². The standard InChI is InChI=1S/C7H15N2O/c1-9(10)7-4-2-6(8)3-5-7/h6-7H,2-5,8H2,1H3/q-1. The molecular formula is C7H15N2O-. The Bertz CT molecular complexity index is 97.8. The van der Waals surface area contributed by atoms with Crippen LogP contribution in [-0.2, 0) is 0 Å². The van der Waals surface area contributed by atoms with Crippen LogP contribution in [0.5, 0.6) is 0 Å². The van der Waals surface area contributed by atoms with E-state index in [4.69, 9.17) is 5.73 Å². The lowest BCUT2D eigenvalue weighted by atomic mass is 9.92. The molecule has 1 fully saturated rings. The Morgan fingerprint density at radius 2 is 1.80 bits per heavy atom. The number of hydrogen-bond donors (Lipinski definition) is 1. The Labute approximate surface area is 61.8 Å². The Morgan fingerprint density at radius 3 is 2.20 bits per heavy atom. The zero-order chi connectivity index (χ0) is 7.56. The first kappa shape index (κ1) is 7.98. The molecule has 1 rings (SSSR count). The van der Waals surface area contributed by atoms with Gasteiger partial charge in [-0.25, -0.2) is 0 Å². The van der Waals surface area contributed by atoms with Gasteiger partial charge < -0.3 is 16.0 Å². The van der Waals surface area contributed by atoms with Gasteiger partial charge in [-0.05, 0) is 38.8 Å². The van der Waals surface area contributed by atoms with Gasteiger partial charge in [0.1, 0.15) is 0 Å². The minimum absolute atomic E-state index is 0.236. The molecule has 0 aliphatic heterocycles. The van der Waals surface area contributed by atoms with Gasteiger partial charge in [0.25, 0.3) is 0 Å². The summed E-state index contributed by atoms with van der Waals surface area (Å²) in [5.74, 6) is 0. The maximum Gasteiger partial charge on any atom is 0.00399 e. The van der Waals surface area contributed by atoms with Gasteiger partial charge in [0, 0.05) is 6.04 Å². The minimum Gasteiger partial charge on any atom is -0.785 e. The highest BCUT2D eigenvalue weighted by molar-refractivity contribution is 4.79. The van der Waals surface area contributed by atoms with Gasteiger partial charge in [0.2, 0.25) is 0 Å². The molecule has 0 aromatic rings. The van der Waals surface area contributed by atoms with Crippen molar-refractivity contribution in [2.75, 3.05) is 7.05 Å². The molecule has 1 saturated carbocycles. The molecule has 10 heavy (non-hydrogen) atoms. The van der Waals surface area contributed by atoms with E-state index in [9.17, 15) is 5.21 Å². The highest BCUT2D eigenvalue weighted by Gasteiger charge is 2.17. The molecule has 0 saturated heterocycles. The lowest BCUT2D eigenvalue weighted by molar-refractivity contribution is 0.240. The average Bonchev–Trinajstić information content (AvgIpc) is 1.88. The molecule has 0 unspecified atom stereocenters.